The van der Waals surface area contributed by atoms with Gasteiger partial charge in [0.05, 0.1) is 34.3 Å². The molecule has 2 aromatic carbocycles. The summed E-state index contributed by atoms with van der Waals surface area (Å²) in [5.41, 5.74) is 2.27. The van der Waals surface area contributed by atoms with E-state index in [9.17, 15) is 9.59 Å². The molecule has 0 fully saturated rings. The fourth-order valence-corrected chi connectivity index (χ4v) is 3.52. The first-order valence-electron chi connectivity index (χ1n) is 8.50. The summed E-state index contributed by atoms with van der Waals surface area (Å²) in [4.78, 5) is 30.0. The Morgan fingerprint density at radius 3 is 2.43 bits per heavy atom. The molecule has 6 heteroatoms. The lowest BCUT2D eigenvalue weighted by molar-refractivity contribution is 0.0600. The molecule has 0 bridgehead atoms. The van der Waals surface area contributed by atoms with Gasteiger partial charge in [-0.05, 0) is 47.8 Å². The third-order valence-electron chi connectivity index (χ3n) is 4.20. The zero-order valence-electron chi connectivity index (χ0n) is 14.9. The van der Waals surface area contributed by atoms with Crippen molar-refractivity contribution in [1.82, 2.24) is 4.98 Å². The molecule has 0 aliphatic rings. The monoisotopic (exact) mass is 389 g/mol. The number of rotatable bonds is 4. The van der Waals surface area contributed by atoms with Gasteiger partial charge in [0.15, 0.2) is 0 Å². The van der Waals surface area contributed by atoms with E-state index in [1.807, 2.05) is 41.8 Å². The van der Waals surface area contributed by atoms with Gasteiger partial charge in [0, 0.05) is 5.39 Å². The number of carbonyl (C=O) groups excluding carboxylic acids is 2. The summed E-state index contributed by atoms with van der Waals surface area (Å²) < 4.78 is 10.2. The second-order valence-corrected chi connectivity index (χ2v) is 6.90. The molecule has 0 spiro atoms. The third kappa shape index (κ3) is 3.50. The molecule has 0 amide bonds. The van der Waals surface area contributed by atoms with Crippen LogP contribution < -0.4 is 4.74 Å². The highest BCUT2D eigenvalue weighted by molar-refractivity contribution is 7.13. The minimum Gasteiger partial charge on any atom is -0.465 e. The number of methoxy groups -OCH3 is 1. The molecule has 0 aliphatic heterocycles. The normalized spacial score (nSPS) is 10.6. The Morgan fingerprint density at radius 1 is 0.929 bits per heavy atom. The molecule has 0 saturated carbocycles. The van der Waals surface area contributed by atoms with Crippen molar-refractivity contribution in [3.05, 3.63) is 83.2 Å². The lowest BCUT2D eigenvalue weighted by Gasteiger charge is -2.09. The Bertz CT molecular complexity index is 1150. The zero-order valence-corrected chi connectivity index (χ0v) is 15.7. The maximum Gasteiger partial charge on any atom is 0.344 e. The van der Waals surface area contributed by atoms with Crippen LogP contribution in [0.5, 0.6) is 5.75 Å². The predicted molar refractivity (Wildman–Crippen MR) is 108 cm³/mol. The number of fused-ring (bicyclic) bond motifs is 1. The largest absolute Gasteiger partial charge is 0.465 e. The van der Waals surface area contributed by atoms with Crippen LogP contribution in [0, 0.1) is 0 Å². The summed E-state index contributed by atoms with van der Waals surface area (Å²) in [6, 6.07) is 19.3. The molecule has 0 aliphatic carbocycles. The van der Waals surface area contributed by atoms with Crippen LogP contribution in [0.1, 0.15) is 20.7 Å². The molecule has 4 aromatic rings. The van der Waals surface area contributed by atoms with Crippen molar-refractivity contribution in [1.29, 1.82) is 0 Å². The number of aromatic nitrogens is 1. The van der Waals surface area contributed by atoms with Gasteiger partial charge in [0.25, 0.3) is 0 Å². The van der Waals surface area contributed by atoms with E-state index in [0.717, 1.165) is 21.5 Å². The van der Waals surface area contributed by atoms with Crippen LogP contribution in [0.3, 0.4) is 0 Å². The topological polar surface area (TPSA) is 65.5 Å². The summed E-state index contributed by atoms with van der Waals surface area (Å²) in [6.45, 7) is 0. The lowest BCUT2D eigenvalue weighted by Crippen LogP contribution is -2.10. The van der Waals surface area contributed by atoms with Crippen LogP contribution in [-0.4, -0.2) is 24.0 Å². The molecule has 0 unspecified atom stereocenters. The average molecular weight is 389 g/mol. The number of nitrogens with zero attached hydrogens (tertiary/aromatic N) is 1. The summed E-state index contributed by atoms with van der Waals surface area (Å²) in [6.07, 6.45) is 0. The summed E-state index contributed by atoms with van der Waals surface area (Å²) in [5.74, 6) is -0.586. The van der Waals surface area contributed by atoms with Crippen molar-refractivity contribution in [3.8, 4) is 16.3 Å². The average Bonchev–Trinajstić information content (AvgIpc) is 3.28. The van der Waals surface area contributed by atoms with Gasteiger partial charge in [-0.3, -0.25) is 0 Å². The van der Waals surface area contributed by atoms with Gasteiger partial charge in [-0.1, -0.05) is 24.3 Å². The minimum atomic E-state index is -0.484. The molecule has 0 N–H and O–H groups in total. The first-order valence-corrected chi connectivity index (χ1v) is 9.38. The van der Waals surface area contributed by atoms with E-state index >= 15 is 0 Å². The predicted octanol–water partition coefficient (Wildman–Crippen LogP) is 4.97. The molecule has 28 heavy (non-hydrogen) atoms. The number of para-hydroxylation sites is 1. The van der Waals surface area contributed by atoms with Crippen LogP contribution in [-0.2, 0) is 4.74 Å². The van der Waals surface area contributed by atoms with E-state index in [0.29, 0.717) is 16.9 Å². The fraction of sp³-hybridized carbons (Fsp3) is 0.0455. The molecule has 0 saturated heterocycles. The molecular formula is C22H15NO4S. The summed E-state index contributed by atoms with van der Waals surface area (Å²) in [5, 5.41) is 2.69. The van der Waals surface area contributed by atoms with Gasteiger partial charge in [-0.15, -0.1) is 11.3 Å². The molecule has 138 valence electrons. The Morgan fingerprint density at radius 2 is 1.71 bits per heavy atom. The zero-order chi connectivity index (χ0) is 19.5. The SMILES string of the molecule is COC(=O)c1ccc(OC(=O)c2cc(-c3cccs3)nc3ccccc23)cc1. The standard InChI is InChI=1S/C22H15NO4S/c1-26-21(24)14-8-10-15(11-9-14)27-22(25)17-13-19(20-7-4-12-28-20)23-18-6-3-2-5-16(17)18/h2-13H,1H3. The number of benzene rings is 2. The number of thiophene rings is 1. The van der Waals surface area contributed by atoms with Crippen molar-refractivity contribution in [2.75, 3.05) is 7.11 Å². The Hall–Kier alpha value is -3.51. The third-order valence-corrected chi connectivity index (χ3v) is 5.09. The highest BCUT2D eigenvalue weighted by Crippen LogP contribution is 2.28. The molecule has 0 radical (unpaired) electrons. The number of hydrogen-bond acceptors (Lipinski definition) is 6. The quantitative estimate of drug-likeness (QED) is 0.364. The van der Waals surface area contributed by atoms with Gasteiger partial charge in [-0.25, -0.2) is 14.6 Å². The van der Waals surface area contributed by atoms with Crippen LogP contribution in [0.25, 0.3) is 21.5 Å². The molecule has 0 atom stereocenters. The van der Waals surface area contributed by atoms with Crippen molar-refractivity contribution < 1.29 is 19.1 Å². The smallest absolute Gasteiger partial charge is 0.344 e. The number of pyridine rings is 1. The van der Waals surface area contributed by atoms with E-state index in [4.69, 9.17) is 4.74 Å². The van der Waals surface area contributed by atoms with E-state index in [-0.39, 0.29) is 0 Å². The lowest BCUT2D eigenvalue weighted by atomic mass is 10.1. The van der Waals surface area contributed by atoms with Crippen molar-refractivity contribution >= 4 is 34.2 Å². The molecule has 5 nitrogen and oxygen atoms in total. The van der Waals surface area contributed by atoms with Gasteiger partial charge >= 0.3 is 11.9 Å². The van der Waals surface area contributed by atoms with Crippen LogP contribution in [0.15, 0.2) is 72.1 Å². The first-order chi connectivity index (χ1) is 13.7. The maximum absolute atomic E-state index is 12.9. The van der Waals surface area contributed by atoms with Crippen molar-refractivity contribution in [3.63, 3.8) is 0 Å². The van der Waals surface area contributed by atoms with Gasteiger partial charge in [0.2, 0.25) is 0 Å². The van der Waals surface area contributed by atoms with Crippen molar-refractivity contribution in [2.45, 2.75) is 0 Å². The minimum absolute atomic E-state index is 0.344. The number of ether oxygens (including phenoxy) is 2. The van der Waals surface area contributed by atoms with E-state index in [1.54, 1.807) is 41.7 Å². The Kier molecular flexibility index (Phi) is 4.87. The molecular weight excluding hydrogens is 374 g/mol. The van der Waals surface area contributed by atoms with Gasteiger partial charge in [0.1, 0.15) is 5.75 Å². The number of esters is 2. The number of hydrogen-bond donors (Lipinski definition) is 0. The highest BCUT2D eigenvalue weighted by Gasteiger charge is 2.16. The van der Waals surface area contributed by atoms with Gasteiger partial charge in [-0.2, -0.15) is 0 Å². The van der Waals surface area contributed by atoms with Gasteiger partial charge < -0.3 is 9.47 Å². The highest BCUT2D eigenvalue weighted by atomic mass is 32.1. The maximum atomic E-state index is 12.9. The number of carbonyl (C=O) groups is 2. The molecule has 2 heterocycles. The molecule has 4 rings (SSSR count). The van der Waals surface area contributed by atoms with E-state index in [1.165, 1.54) is 7.11 Å². The Labute approximate surface area is 165 Å². The fourth-order valence-electron chi connectivity index (χ4n) is 2.83. The summed E-state index contributed by atoms with van der Waals surface area (Å²) >= 11 is 1.56. The summed E-state index contributed by atoms with van der Waals surface area (Å²) in [7, 11) is 1.32. The van der Waals surface area contributed by atoms with Crippen LogP contribution in [0.2, 0.25) is 0 Å². The van der Waals surface area contributed by atoms with E-state index < -0.39 is 11.9 Å². The second-order valence-electron chi connectivity index (χ2n) is 5.95. The van der Waals surface area contributed by atoms with E-state index in [2.05, 4.69) is 9.72 Å². The first kappa shape index (κ1) is 17.9. The van der Waals surface area contributed by atoms with Crippen LogP contribution in [0.4, 0.5) is 0 Å². The Balaban J connectivity index is 1.69. The molecule has 2 aromatic heterocycles. The second kappa shape index (κ2) is 7.62. The van der Waals surface area contributed by atoms with Crippen LogP contribution >= 0.6 is 11.3 Å². The van der Waals surface area contributed by atoms with Crippen molar-refractivity contribution in [2.24, 2.45) is 0 Å².